The number of nitrogens with one attached hydrogen (secondary N) is 2. The third-order valence-corrected chi connectivity index (χ3v) is 10.7. The zero-order valence-corrected chi connectivity index (χ0v) is 31.2. The Labute approximate surface area is 311 Å². The maximum Gasteiger partial charge on any atom is 0.255 e. The summed E-state index contributed by atoms with van der Waals surface area (Å²) in [6, 6.07) is 18.1. The molecule has 3 aromatic carbocycles. The minimum absolute atomic E-state index is 0.159. The average Bonchev–Trinajstić information content (AvgIpc) is 3.86. The number of piperidine rings is 1. The number of hydrogen-bond acceptors (Lipinski definition) is 8. The van der Waals surface area contributed by atoms with Gasteiger partial charge in [-0.15, -0.1) is 0 Å². The fraction of sp³-hybridized carbons (Fsp3) is 0.325. The number of anilines is 3. The number of fused-ring (bicyclic) bond motifs is 1. The van der Waals surface area contributed by atoms with Gasteiger partial charge in [0.1, 0.15) is 11.8 Å². The SMILES string of the molecule is Cc1ccc(-c2c(C)noc2C)cc1N(CCCCCCNc1cccc2c1CN(C1CCC(=O)NC1=O)C2=O)c1ccc(-n2ccnc2)c(Br)c1. The number of unbranched alkanes of at least 4 members (excludes halogenated alkanes) is 3. The standard InChI is InChI=1S/C40H42BrN7O4/c1-25-11-12-28(38-26(2)45-52-27(38)3)21-36(25)47(29-13-14-34(32(41)22-29)46-20-18-42-24-46)19-7-5-4-6-17-43-33-10-8-9-30-31(33)23-48(40(30)51)35-15-16-37(49)44-39(35)50/h8-14,18,20-22,24,35,43H,4-7,15-17,19,23H2,1-3H3,(H,44,49,50). The molecule has 5 aromatic rings. The first-order chi connectivity index (χ1) is 25.2. The fourth-order valence-corrected chi connectivity index (χ4v) is 7.91. The summed E-state index contributed by atoms with van der Waals surface area (Å²) in [5.74, 6) is -0.0356. The van der Waals surface area contributed by atoms with Gasteiger partial charge in [-0.05, 0) is 103 Å². The van der Waals surface area contributed by atoms with Gasteiger partial charge < -0.3 is 24.2 Å². The van der Waals surface area contributed by atoms with Crippen molar-refractivity contribution in [3.05, 3.63) is 106 Å². The van der Waals surface area contributed by atoms with E-state index < -0.39 is 11.9 Å². The maximum atomic E-state index is 13.2. The second-order valence-electron chi connectivity index (χ2n) is 13.5. The number of aromatic nitrogens is 3. The number of halogens is 1. The summed E-state index contributed by atoms with van der Waals surface area (Å²) in [5.41, 5.74) is 9.87. The largest absolute Gasteiger partial charge is 0.385 e. The van der Waals surface area contributed by atoms with Crippen molar-refractivity contribution in [2.75, 3.05) is 23.3 Å². The van der Waals surface area contributed by atoms with E-state index in [0.717, 1.165) is 94.1 Å². The van der Waals surface area contributed by atoms with Crippen LogP contribution in [-0.2, 0) is 16.1 Å². The van der Waals surface area contributed by atoms with E-state index in [1.165, 1.54) is 5.56 Å². The molecule has 2 N–H and O–H groups in total. The molecule has 4 heterocycles. The molecule has 1 atom stereocenters. The number of rotatable bonds is 13. The summed E-state index contributed by atoms with van der Waals surface area (Å²) in [4.78, 5) is 45.6. The highest BCUT2D eigenvalue weighted by Crippen LogP contribution is 2.37. The molecule has 1 unspecified atom stereocenters. The Morgan fingerprint density at radius 2 is 1.87 bits per heavy atom. The number of imidazole rings is 1. The third kappa shape index (κ3) is 7.12. The molecule has 1 fully saturated rings. The molecule has 0 aliphatic carbocycles. The molecule has 0 saturated carbocycles. The smallest absolute Gasteiger partial charge is 0.255 e. The van der Waals surface area contributed by atoms with Crippen molar-refractivity contribution in [1.29, 1.82) is 0 Å². The highest BCUT2D eigenvalue weighted by Gasteiger charge is 2.39. The fourth-order valence-electron chi connectivity index (χ4n) is 7.34. The number of imide groups is 1. The Morgan fingerprint density at radius 3 is 2.62 bits per heavy atom. The van der Waals surface area contributed by atoms with Crippen molar-refractivity contribution in [3.63, 3.8) is 0 Å². The van der Waals surface area contributed by atoms with E-state index in [1.807, 2.05) is 42.8 Å². The van der Waals surface area contributed by atoms with E-state index >= 15 is 0 Å². The lowest BCUT2D eigenvalue weighted by Gasteiger charge is -2.29. The Balaban J connectivity index is 1.00. The predicted molar refractivity (Wildman–Crippen MR) is 204 cm³/mol. The molecule has 0 spiro atoms. The number of carbonyl (C=O) groups is 3. The van der Waals surface area contributed by atoms with Gasteiger partial charge in [0.2, 0.25) is 11.8 Å². The van der Waals surface area contributed by atoms with Crippen molar-refractivity contribution < 1.29 is 18.9 Å². The lowest BCUT2D eigenvalue weighted by atomic mass is 10.0. The zero-order valence-electron chi connectivity index (χ0n) is 29.6. The van der Waals surface area contributed by atoms with E-state index in [0.29, 0.717) is 18.5 Å². The van der Waals surface area contributed by atoms with Crippen molar-refractivity contribution >= 4 is 50.7 Å². The lowest BCUT2D eigenvalue weighted by Crippen LogP contribution is -2.52. The number of hydrogen-bond donors (Lipinski definition) is 2. The molecule has 52 heavy (non-hydrogen) atoms. The quantitative estimate of drug-likeness (QED) is 0.0920. The third-order valence-electron chi connectivity index (χ3n) is 10.1. The minimum atomic E-state index is -0.622. The van der Waals surface area contributed by atoms with Crippen LogP contribution in [0.4, 0.5) is 17.1 Å². The minimum Gasteiger partial charge on any atom is -0.385 e. The van der Waals surface area contributed by atoms with Crippen LogP contribution in [0.1, 0.15) is 71.5 Å². The monoisotopic (exact) mass is 763 g/mol. The molecule has 12 heteroatoms. The first-order valence-electron chi connectivity index (χ1n) is 17.8. The van der Waals surface area contributed by atoms with Crippen LogP contribution < -0.4 is 15.5 Å². The highest BCUT2D eigenvalue weighted by molar-refractivity contribution is 9.10. The molecular formula is C40H42BrN7O4. The summed E-state index contributed by atoms with van der Waals surface area (Å²) in [5, 5.41) is 10.1. The second-order valence-corrected chi connectivity index (χ2v) is 14.4. The second kappa shape index (κ2) is 15.2. The van der Waals surface area contributed by atoms with Crippen LogP contribution in [0.3, 0.4) is 0 Å². The Morgan fingerprint density at radius 1 is 1.02 bits per heavy atom. The molecule has 11 nitrogen and oxygen atoms in total. The predicted octanol–water partition coefficient (Wildman–Crippen LogP) is 7.79. The van der Waals surface area contributed by atoms with Gasteiger partial charge in [0.05, 0.1) is 17.7 Å². The summed E-state index contributed by atoms with van der Waals surface area (Å²) in [6.45, 7) is 8.04. The number of carbonyl (C=O) groups excluding carboxylic acids is 3. The van der Waals surface area contributed by atoms with Crippen LogP contribution in [0, 0.1) is 20.8 Å². The van der Waals surface area contributed by atoms with Crippen molar-refractivity contribution in [1.82, 2.24) is 24.9 Å². The van der Waals surface area contributed by atoms with Crippen LogP contribution in [-0.4, -0.2) is 56.5 Å². The number of amides is 3. The molecule has 3 amide bonds. The summed E-state index contributed by atoms with van der Waals surface area (Å²) < 4.78 is 8.48. The maximum absolute atomic E-state index is 13.2. The summed E-state index contributed by atoms with van der Waals surface area (Å²) in [7, 11) is 0. The lowest BCUT2D eigenvalue weighted by molar-refractivity contribution is -0.136. The van der Waals surface area contributed by atoms with Gasteiger partial charge in [-0.3, -0.25) is 19.7 Å². The molecule has 268 valence electrons. The number of aryl methyl sites for hydroxylation is 3. The van der Waals surface area contributed by atoms with E-state index in [1.54, 1.807) is 17.4 Å². The van der Waals surface area contributed by atoms with Gasteiger partial charge in [0, 0.05) is 76.7 Å². The molecule has 2 aliphatic rings. The Hall–Kier alpha value is -5.23. The van der Waals surface area contributed by atoms with Crippen LogP contribution >= 0.6 is 15.9 Å². The molecule has 1 saturated heterocycles. The van der Waals surface area contributed by atoms with E-state index in [2.05, 4.69) is 84.9 Å². The van der Waals surface area contributed by atoms with Gasteiger partial charge in [-0.2, -0.15) is 0 Å². The zero-order chi connectivity index (χ0) is 36.4. The summed E-state index contributed by atoms with van der Waals surface area (Å²) in [6.07, 6.45) is 10.1. The topological polar surface area (TPSA) is 126 Å². The van der Waals surface area contributed by atoms with Gasteiger partial charge in [0.15, 0.2) is 0 Å². The number of nitrogens with zero attached hydrogens (tertiary/aromatic N) is 5. The van der Waals surface area contributed by atoms with Crippen LogP contribution in [0.15, 0.2) is 82.3 Å². The van der Waals surface area contributed by atoms with Crippen molar-refractivity contribution in [3.8, 4) is 16.8 Å². The van der Waals surface area contributed by atoms with E-state index in [9.17, 15) is 14.4 Å². The van der Waals surface area contributed by atoms with E-state index in [-0.39, 0.29) is 18.2 Å². The Bertz CT molecular complexity index is 2110. The average molecular weight is 765 g/mol. The normalized spacial score (nSPS) is 15.6. The van der Waals surface area contributed by atoms with Crippen molar-refractivity contribution in [2.24, 2.45) is 0 Å². The van der Waals surface area contributed by atoms with Gasteiger partial charge in [-0.1, -0.05) is 36.2 Å². The van der Waals surface area contributed by atoms with Crippen LogP contribution in [0.2, 0.25) is 0 Å². The molecular weight excluding hydrogens is 722 g/mol. The highest BCUT2D eigenvalue weighted by atomic mass is 79.9. The van der Waals surface area contributed by atoms with Crippen LogP contribution in [0.25, 0.3) is 16.8 Å². The Kier molecular flexibility index (Phi) is 10.3. The molecule has 2 aromatic heterocycles. The number of benzene rings is 3. The van der Waals surface area contributed by atoms with Crippen molar-refractivity contribution in [2.45, 2.75) is 71.9 Å². The van der Waals surface area contributed by atoms with Gasteiger partial charge in [0.25, 0.3) is 5.91 Å². The molecule has 7 rings (SSSR count). The molecule has 0 bridgehead atoms. The van der Waals surface area contributed by atoms with E-state index in [4.69, 9.17) is 4.52 Å². The molecule has 0 radical (unpaired) electrons. The first kappa shape index (κ1) is 35.2. The molecule has 2 aliphatic heterocycles. The summed E-state index contributed by atoms with van der Waals surface area (Å²) >= 11 is 3.82. The first-order valence-corrected chi connectivity index (χ1v) is 18.6. The van der Waals surface area contributed by atoms with Crippen LogP contribution in [0.5, 0.6) is 0 Å². The van der Waals surface area contributed by atoms with Gasteiger partial charge in [-0.25, -0.2) is 4.98 Å². The van der Waals surface area contributed by atoms with Gasteiger partial charge >= 0.3 is 0 Å².